The van der Waals surface area contributed by atoms with Gasteiger partial charge in [0.1, 0.15) is 11.6 Å². The van der Waals surface area contributed by atoms with Gasteiger partial charge in [-0.1, -0.05) is 0 Å². The lowest BCUT2D eigenvalue weighted by Crippen LogP contribution is -2.37. The zero-order valence-electron chi connectivity index (χ0n) is 14.4. The van der Waals surface area contributed by atoms with Crippen molar-refractivity contribution < 1.29 is 4.74 Å². The molecule has 128 valence electrons. The molecule has 3 fully saturated rings. The fourth-order valence-corrected chi connectivity index (χ4v) is 3.98. The Hall–Kier alpha value is -0.980. The minimum Gasteiger partial charge on any atom is -0.377 e. The molecule has 0 radical (unpaired) electrons. The molecule has 1 aromatic heterocycles. The number of hydrogen-bond donors (Lipinski definition) is 0. The second kappa shape index (κ2) is 6.49. The predicted octanol–water partition coefficient (Wildman–Crippen LogP) is 1.38. The van der Waals surface area contributed by atoms with Crippen LogP contribution in [0.3, 0.4) is 0 Å². The van der Waals surface area contributed by atoms with Crippen LogP contribution in [-0.2, 0) is 18.3 Å². The molecule has 1 aromatic rings. The summed E-state index contributed by atoms with van der Waals surface area (Å²) in [5, 5.41) is 8.83. The minimum absolute atomic E-state index is 0.471. The third kappa shape index (κ3) is 3.44. The van der Waals surface area contributed by atoms with E-state index in [1.54, 1.807) is 0 Å². The van der Waals surface area contributed by atoms with E-state index < -0.39 is 0 Å². The fraction of sp³-hybridized carbons (Fsp3) is 0.882. The van der Waals surface area contributed by atoms with E-state index in [4.69, 9.17) is 4.74 Å². The highest BCUT2D eigenvalue weighted by Gasteiger charge is 2.31. The average molecular weight is 319 g/mol. The van der Waals surface area contributed by atoms with E-state index in [0.29, 0.717) is 18.1 Å². The summed E-state index contributed by atoms with van der Waals surface area (Å²) in [5.41, 5.74) is 0. The number of hydrogen-bond acceptors (Lipinski definition) is 5. The molecule has 23 heavy (non-hydrogen) atoms. The lowest BCUT2D eigenvalue weighted by molar-refractivity contribution is 0.0779. The van der Waals surface area contributed by atoms with E-state index in [9.17, 15) is 0 Å². The summed E-state index contributed by atoms with van der Waals surface area (Å²) in [5.74, 6) is 2.95. The average Bonchev–Trinajstić information content (AvgIpc) is 2.94. The molecule has 0 unspecified atom stereocenters. The Morgan fingerprint density at radius 3 is 2.83 bits per heavy atom. The van der Waals surface area contributed by atoms with Gasteiger partial charge >= 0.3 is 0 Å². The molecule has 2 aliphatic heterocycles. The molecule has 2 saturated heterocycles. The maximum absolute atomic E-state index is 5.78. The molecular formula is C17H29N5O. The predicted molar refractivity (Wildman–Crippen MR) is 88.3 cm³/mol. The number of nitrogens with zero attached hydrogens (tertiary/aromatic N) is 5. The monoisotopic (exact) mass is 319 g/mol. The van der Waals surface area contributed by atoms with Crippen molar-refractivity contribution in [3.8, 4) is 0 Å². The molecular weight excluding hydrogens is 290 g/mol. The molecule has 0 bridgehead atoms. The maximum Gasteiger partial charge on any atom is 0.146 e. The summed E-state index contributed by atoms with van der Waals surface area (Å²) < 4.78 is 7.99. The van der Waals surface area contributed by atoms with Crippen LogP contribution in [0.15, 0.2) is 0 Å². The van der Waals surface area contributed by atoms with Crippen LogP contribution in [0.5, 0.6) is 0 Å². The SMILES string of the molecule is CN(Cc1nnc(C2CC2)n1C)[C@@H]1CCN(C[C@@H]2CCCO2)C1. The number of likely N-dealkylation sites (N-methyl/N-ethyl adjacent to an activating group) is 1. The summed E-state index contributed by atoms with van der Waals surface area (Å²) >= 11 is 0. The second-order valence-electron chi connectivity index (χ2n) is 7.56. The molecule has 0 amide bonds. The lowest BCUT2D eigenvalue weighted by Gasteiger charge is -2.25. The van der Waals surface area contributed by atoms with Crippen LogP contribution in [-0.4, -0.2) is 70.0 Å². The van der Waals surface area contributed by atoms with Crippen LogP contribution in [0.1, 0.15) is 49.7 Å². The number of aromatic nitrogens is 3. The van der Waals surface area contributed by atoms with Crippen LogP contribution in [0.25, 0.3) is 0 Å². The standard InChI is InChI=1S/C17H29N5O/c1-20(12-16-18-19-17(21(16)2)13-5-6-13)14-7-8-22(10-14)11-15-4-3-9-23-15/h13-15H,3-12H2,1-2H3/t14-,15+/m1/s1. The Bertz CT molecular complexity index is 535. The molecule has 0 N–H and O–H groups in total. The molecule has 0 aromatic carbocycles. The molecule has 6 nitrogen and oxygen atoms in total. The van der Waals surface area contributed by atoms with Crippen molar-refractivity contribution in [1.82, 2.24) is 24.6 Å². The maximum atomic E-state index is 5.78. The van der Waals surface area contributed by atoms with Gasteiger partial charge in [-0.3, -0.25) is 9.80 Å². The van der Waals surface area contributed by atoms with Crippen LogP contribution in [0, 0.1) is 0 Å². The largest absolute Gasteiger partial charge is 0.377 e. The highest BCUT2D eigenvalue weighted by molar-refractivity contribution is 5.07. The first-order chi connectivity index (χ1) is 11.2. The first-order valence-electron chi connectivity index (χ1n) is 9.13. The molecule has 6 heteroatoms. The van der Waals surface area contributed by atoms with Crippen molar-refractivity contribution in [2.24, 2.45) is 7.05 Å². The van der Waals surface area contributed by atoms with Gasteiger partial charge in [0, 0.05) is 38.7 Å². The van der Waals surface area contributed by atoms with Crippen LogP contribution in [0.2, 0.25) is 0 Å². The minimum atomic E-state index is 0.471. The van der Waals surface area contributed by atoms with E-state index in [1.165, 1.54) is 44.5 Å². The first-order valence-corrected chi connectivity index (χ1v) is 9.13. The van der Waals surface area contributed by atoms with Crippen molar-refractivity contribution in [3.63, 3.8) is 0 Å². The van der Waals surface area contributed by atoms with Crippen molar-refractivity contribution in [2.75, 3.05) is 33.3 Å². The zero-order chi connectivity index (χ0) is 15.8. The Morgan fingerprint density at radius 1 is 1.22 bits per heavy atom. The van der Waals surface area contributed by atoms with Gasteiger partial charge in [0.2, 0.25) is 0 Å². The van der Waals surface area contributed by atoms with Gasteiger partial charge in [-0.25, -0.2) is 0 Å². The van der Waals surface area contributed by atoms with E-state index in [0.717, 1.165) is 32.1 Å². The van der Waals surface area contributed by atoms with Gasteiger partial charge in [0.15, 0.2) is 0 Å². The van der Waals surface area contributed by atoms with Crippen LogP contribution < -0.4 is 0 Å². The highest BCUT2D eigenvalue weighted by atomic mass is 16.5. The number of likely N-dealkylation sites (tertiary alicyclic amines) is 1. The zero-order valence-corrected chi connectivity index (χ0v) is 14.4. The lowest BCUT2D eigenvalue weighted by atomic mass is 10.2. The van der Waals surface area contributed by atoms with Gasteiger partial charge in [-0.05, 0) is 45.7 Å². The van der Waals surface area contributed by atoms with Gasteiger partial charge < -0.3 is 9.30 Å². The smallest absolute Gasteiger partial charge is 0.146 e. The van der Waals surface area contributed by atoms with Crippen LogP contribution >= 0.6 is 0 Å². The summed E-state index contributed by atoms with van der Waals surface area (Å²) in [4.78, 5) is 5.03. The molecule has 1 aliphatic carbocycles. The third-order valence-corrected chi connectivity index (χ3v) is 5.69. The van der Waals surface area contributed by atoms with E-state index in [2.05, 4.69) is 38.7 Å². The topological polar surface area (TPSA) is 46.4 Å². The molecule has 1 saturated carbocycles. The van der Waals surface area contributed by atoms with Gasteiger partial charge in [-0.2, -0.15) is 0 Å². The first kappa shape index (κ1) is 15.5. The van der Waals surface area contributed by atoms with Gasteiger partial charge in [0.25, 0.3) is 0 Å². The third-order valence-electron chi connectivity index (χ3n) is 5.69. The summed E-state index contributed by atoms with van der Waals surface area (Å²) in [6.07, 6.45) is 6.75. The molecule has 4 rings (SSSR count). The van der Waals surface area contributed by atoms with E-state index in [1.807, 2.05) is 0 Å². The van der Waals surface area contributed by atoms with E-state index in [-0.39, 0.29) is 0 Å². The number of rotatable bonds is 6. The fourth-order valence-electron chi connectivity index (χ4n) is 3.98. The van der Waals surface area contributed by atoms with Crippen molar-refractivity contribution >= 4 is 0 Å². The molecule has 0 spiro atoms. The Morgan fingerprint density at radius 2 is 2.09 bits per heavy atom. The van der Waals surface area contributed by atoms with Crippen molar-refractivity contribution in [1.29, 1.82) is 0 Å². The normalized spacial score (nSPS) is 29.0. The molecule has 3 heterocycles. The van der Waals surface area contributed by atoms with Gasteiger partial charge in [-0.15, -0.1) is 10.2 Å². The van der Waals surface area contributed by atoms with Gasteiger partial charge in [0.05, 0.1) is 12.6 Å². The Kier molecular flexibility index (Phi) is 4.39. The van der Waals surface area contributed by atoms with E-state index >= 15 is 0 Å². The quantitative estimate of drug-likeness (QED) is 0.793. The Labute approximate surface area is 138 Å². The second-order valence-corrected chi connectivity index (χ2v) is 7.56. The highest BCUT2D eigenvalue weighted by Crippen LogP contribution is 2.38. The summed E-state index contributed by atoms with van der Waals surface area (Å²) in [6.45, 7) is 5.32. The van der Waals surface area contributed by atoms with Crippen molar-refractivity contribution in [2.45, 2.75) is 56.7 Å². The van der Waals surface area contributed by atoms with Crippen molar-refractivity contribution in [3.05, 3.63) is 11.6 Å². The Balaban J connectivity index is 1.30. The summed E-state index contributed by atoms with van der Waals surface area (Å²) in [6, 6.07) is 0.623. The summed E-state index contributed by atoms with van der Waals surface area (Å²) in [7, 11) is 4.35. The number of ether oxygens (including phenoxy) is 1. The van der Waals surface area contributed by atoms with Crippen LogP contribution in [0.4, 0.5) is 0 Å². The molecule has 2 atom stereocenters. The molecule has 3 aliphatic rings.